The van der Waals surface area contributed by atoms with Gasteiger partial charge in [0.25, 0.3) is 0 Å². The predicted octanol–water partition coefficient (Wildman–Crippen LogP) is 0.496. The highest BCUT2D eigenvalue weighted by Gasteiger charge is 2.32. The zero-order valence-electron chi connectivity index (χ0n) is 7.84. The fourth-order valence-corrected chi connectivity index (χ4v) is 1.24. The van der Waals surface area contributed by atoms with Gasteiger partial charge in [0, 0.05) is 18.5 Å². The van der Waals surface area contributed by atoms with E-state index in [2.05, 4.69) is 5.32 Å². The van der Waals surface area contributed by atoms with Crippen molar-refractivity contribution in [3.05, 3.63) is 0 Å². The van der Waals surface area contributed by atoms with Crippen LogP contribution >= 0.6 is 0 Å². The summed E-state index contributed by atoms with van der Waals surface area (Å²) in [5.74, 6) is 0.976. The highest BCUT2D eigenvalue weighted by Crippen LogP contribution is 2.36. The molecule has 0 aliphatic heterocycles. The van der Waals surface area contributed by atoms with Gasteiger partial charge >= 0.3 is 0 Å². The summed E-state index contributed by atoms with van der Waals surface area (Å²) in [7, 11) is 0. The van der Waals surface area contributed by atoms with E-state index in [4.69, 9.17) is 5.73 Å². The third-order valence-electron chi connectivity index (χ3n) is 2.48. The van der Waals surface area contributed by atoms with Crippen LogP contribution in [0.2, 0.25) is 0 Å². The zero-order valence-corrected chi connectivity index (χ0v) is 7.84. The fraction of sp³-hybridized carbons (Fsp3) is 0.889. The van der Waals surface area contributed by atoms with Crippen molar-refractivity contribution in [2.45, 2.75) is 32.7 Å². The average molecular weight is 170 g/mol. The van der Waals surface area contributed by atoms with Crippen LogP contribution in [0.5, 0.6) is 0 Å². The molecular weight excluding hydrogens is 152 g/mol. The van der Waals surface area contributed by atoms with Crippen LogP contribution in [0.25, 0.3) is 0 Å². The molecule has 0 saturated heterocycles. The lowest BCUT2D eigenvalue weighted by atomic mass is 10.1. The molecule has 1 saturated carbocycles. The molecular formula is C9H18N2O. The van der Waals surface area contributed by atoms with Crippen LogP contribution in [0, 0.1) is 11.8 Å². The molecule has 0 bridgehead atoms. The Morgan fingerprint density at radius 2 is 2.17 bits per heavy atom. The van der Waals surface area contributed by atoms with E-state index in [1.54, 1.807) is 0 Å². The first-order valence-electron chi connectivity index (χ1n) is 4.65. The van der Waals surface area contributed by atoms with E-state index in [0.717, 1.165) is 0 Å². The van der Waals surface area contributed by atoms with Gasteiger partial charge in [-0.25, -0.2) is 0 Å². The lowest BCUT2D eigenvalue weighted by Crippen LogP contribution is -2.41. The number of hydrogen-bond acceptors (Lipinski definition) is 2. The van der Waals surface area contributed by atoms with Crippen molar-refractivity contribution >= 4 is 5.91 Å². The smallest absolute Gasteiger partial charge is 0.223 e. The molecule has 0 spiro atoms. The molecule has 0 aromatic rings. The highest BCUT2D eigenvalue weighted by molar-refractivity contribution is 5.79. The van der Waals surface area contributed by atoms with Crippen molar-refractivity contribution in [2.75, 3.05) is 6.54 Å². The molecule has 3 N–H and O–H groups in total. The van der Waals surface area contributed by atoms with Gasteiger partial charge in [-0.1, -0.05) is 6.92 Å². The fourth-order valence-electron chi connectivity index (χ4n) is 1.24. The van der Waals surface area contributed by atoms with Crippen molar-refractivity contribution in [3.8, 4) is 0 Å². The second-order valence-electron chi connectivity index (χ2n) is 3.77. The zero-order chi connectivity index (χ0) is 9.14. The standard InChI is InChI=1S/C9H18N2O/c1-6(5-10)11-9(12)7(2)8-3-4-8/h6-8H,3-5,10H2,1-2H3,(H,11,12). The monoisotopic (exact) mass is 170 g/mol. The maximum Gasteiger partial charge on any atom is 0.223 e. The van der Waals surface area contributed by atoms with E-state index in [9.17, 15) is 4.79 Å². The SMILES string of the molecule is CC(CN)NC(=O)C(C)C1CC1. The molecule has 0 aromatic heterocycles. The molecule has 0 aromatic carbocycles. The van der Waals surface area contributed by atoms with Gasteiger partial charge in [-0.3, -0.25) is 4.79 Å². The minimum atomic E-state index is 0.110. The number of rotatable bonds is 4. The average Bonchev–Trinajstić information content (AvgIpc) is 2.85. The van der Waals surface area contributed by atoms with Gasteiger partial charge in [0.05, 0.1) is 0 Å². The van der Waals surface area contributed by atoms with Crippen LogP contribution in [0.15, 0.2) is 0 Å². The van der Waals surface area contributed by atoms with E-state index >= 15 is 0 Å². The van der Waals surface area contributed by atoms with E-state index in [1.165, 1.54) is 12.8 Å². The molecule has 1 aliphatic carbocycles. The minimum Gasteiger partial charge on any atom is -0.352 e. The quantitative estimate of drug-likeness (QED) is 0.645. The molecule has 1 amide bonds. The van der Waals surface area contributed by atoms with Gasteiger partial charge in [0.2, 0.25) is 5.91 Å². The van der Waals surface area contributed by atoms with Crippen molar-refractivity contribution in [1.82, 2.24) is 5.32 Å². The number of hydrogen-bond donors (Lipinski definition) is 2. The molecule has 3 heteroatoms. The Hall–Kier alpha value is -0.570. The van der Waals surface area contributed by atoms with Gasteiger partial charge in [-0.2, -0.15) is 0 Å². The van der Waals surface area contributed by atoms with E-state index in [-0.39, 0.29) is 17.9 Å². The summed E-state index contributed by atoms with van der Waals surface area (Å²) in [4.78, 5) is 11.4. The molecule has 1 aliphatic rings. The van der Waals surface area contributed by atoms with E-state index in [0.29, 0.717) is 12.5 Å². The van der Waals surface area contributed by atoms with Gasteiger partial charge in [0.1, 0.15) is 0 Å². The van der Waals surface area contributed by atoms with Crippen molar-refractivity contribution < 1.29 is 4.79 Å². The summed E-state index contributed by atoms with van der Waals surface area (Å²) in [5.41, 5.74) is 5.40. The van der Waals surface area contributed by atoms with Crippen LogP contribution in [-0.2, 0) is 4.79 Å². The summed E-state index contributed by atoms with van der Waals surface area (Å²) in [5, 5.41) is 2.89. The van der Waals surface area contributed by atoms with Crippen LogP contribution in [0.3, 0.4) is 0 Å². The molecule has 2 unspecified atom stereocenters. The van der Waals surface area contributed by atoms with E-state index < -0.39 is 0 Å². The van der Waals surface area contributed by atoms with Crippen LogP contribution in [0.4, 0.5) is 0 Å². The Morgan fingerprint density at radius 3 is 2.58 bits per heavy atom. The van der Waals surface area contributed by atoms with E-state index in [1.807, 2.05) is 13.8 Å². The largest absolute Gasteiger partial charge is 0.352 e. The third kappa shape index (κ3) is 2.48. The molecule has 12 heavy (non-hydrogen) atoms. The Labute approximate surface area is 73.7 Å². The van der Waals surface area contributed by atoms with Crippen LogP contribution in [0.1, 0.15) is 26.7 Å². The molecule has 0 heterocycles. The topological polar surface area (TPSA) is 55.1 Å². The molecule has 1 fully saturated rings. The lowest BCUT2D eigenvalue weighted by Gasteiger charge is -2.15. The maximum absolute atomic E-state index is 11.4. The molecule has 70 valence electrons. The first kappa shape index (κ1) is 9.52. The van der Waals surface area contributed by atoms with Gasteiger partial charge in [0.15, 0.2) is 0 Å². The Bertz CT molecular complexity index is 166. The summed E-state index contributed by atoms with van der Waals surface area (Å²) < 4.78 is 0. The summed E-state index contributed by atoms with van der Waals surface area (Å²) in [6.07, 6.45) is 2.43. The molecule has 2 atom stereocenters. The van der Waals surface area contributed by atoms with Gasteiger partial charge < -0.3 is 11.1 Å². The number of nitrogens with two attached hydrogens (primary N) is 1. The molecule has 1 rings (SSSR count). The van der Waals surface area contributed by atoms with Gasteiger partial charge in [-0.15, -0.1) is 0 Å². The first-order chi connectivity index (χ1) is 5.65. The van der Waals surface area contributed by atoms with Gasteiger partial charge in [-0.05, 0) is 25.7 Å². The first-order valence-corrected chi connectivity index (χ1v) is 4.65. The Kier molecular flexibility index (Phi) is 3.09. The lowest BCUT2D eigenvalue weighted by molar-refractivity contribution is -0.125. The second kappa shape index (κ2) is 3.90. The second-order valence-corrected chi connectivity index (χ2v) is 3.77. The summed E-state index contributed by atoms with van der Waals surface area (Å²) in [6.45, 7) is 4.44. The highest BCUT2D eigenvalue weighted by atomic mass is 16.1. The van der Waals surface area contributed by atoms with Crippen molar-refractivity contribution in [2.24, 2.45) is 17.6 Å². The van der Waals surface area contributed by atoms with Crippen LogP contribution in [-0.4, -0.2) is 18.5 Å². The maximum atomic E-state index is 11.4. The number of amides is 1. The normalized spacial score (nSPS) is 21.6. The Morgan fingerprint density at radius 1 is 1.58 bits per heavy atom. The number of nitrogens with one attached hydrogen (secondary N) is 1. The van der Waals surface area contributed by atoms with Crippen LogP contribution < -0.4 is 11.1 Å². The third-order valence-corrected chi connectivity index (χ3v) is 2.48. The van der Waals surface area contributed by atoms with Crippen molar-refractivity contribution in [1.29, 1.82) is 0 Å². The minimum absolute atomic E-state index is 0.110. The number of carbonyl (C=O) groups is 1. The number of carbonyl (C=O) groups excluding carboxylic acids is 1. The van der Waals surface area contributed by atoms with Crippen molar-refractivity contribution in [3.63, 3.8) is 0 Å². The summed E-state index contributed by atoms with van der Waals surface area (Å²) >= 11 is 0. The predicted molar refractivity (Wildman–Crippen MR) is 48.5 cm³/mol. The Balaban J connectivity index is 2.26. The molecule has 0 radical (unpaired) electrons. The molecule has 3 nitrogen and oxygen atoms in total. The summed E-state index contributed by atoms with van der Waals surface area (Å²) in [6, 6.07) is 0.110.